The van der Waals surface area contributed by atoms with Gasteiger partial charge in [-0.1, -0.05) is 12.1 Å². The standard InChI is InChI=1S/C17H20O5/c1-11(17(18)21-4)14-7-5-12-9-13(22-10-19-2)6-8-15(12)16(14)20-3/h5-9,11H,10H2,1-4H3. The summed E-state index contributed by atoms with van der Waals surface area (Å²) in [7, 11) is 4.55. The number of rotatable bonds is 6. The van der Waals surface area contributed by atoms with E-state index < -0.39 is 5.92 Å². The minimum absolute atomic E-state index is 0.195. The predicted octanol–water partition coefficient (Wildman–Crippen LogP) is 3.11. The molecule has 0 aliphatic rings. The maximum atomic E-state index is 11.8. The number of carbonyl (C=O) groups is 1. The molecule has 0 bridgehead atoms. The van der Waals surface area contributed by atoms with Crippen LogP contribution in [0.25, 0.3) is 10.8 Å². The van der Waals surface area contributed by atoms with Crippen molar-refractivity contribution in [3.05, 3.63) is 35.9 Å². The quantitative estimate of drug-likeness (QED) is 0.606. The molecule has 0 aromatic heterocycles. The molecule has 2 aromatic carbocycles. The molecule has 2 aromatic rings. The first kappa shape index (κ1) is 16.1. The zero-order chi connectivity index (χ0) is 16.1. The summed E-state index contributed by atoms with van der Waals surface area (Å²) in [6.45, 7) is 1.99. The highest BCUT2D eigenvalue weighted by molar-refractivity contribution is 5.92. The number of ether oxygens (including phenoxy) is 4. The zero-order valence-electron chi connectivity index (χ0n) is 13.2. The summed E-state index contributed by atoms with van der Waals surface area (Å²) in [5.41, 5.74) is 0.799. The van der Waals surface area contributed by atoms with Crippen molar-refractivity contribution in [1.29, 1.82) is 0 Å². The van der Waals surface area contributed by atoms with Crippen LogP contribution >= 0.6 is 0 Å². The molecule has 0 saturated carbocycles. The minimum Gasteiger partial charge on any atom is -0.496 e. The number of fused-ring (bicyclic) bond motifs is 1. The number of hydrogen-bond donors (Lipinski definition) is 0. The van der Waals surface area contributed by atoms with Crippen molar-refractivity contribution in [1.82, 2.24) is 0 Å². The van der Waals surface area contributed by atoms with Gasteiger partial charge in [0.1, 0.15) is 11.5 Å². The van der Waals surface area contributed by atoms with Crippen molar-refractivity contribution in [3.63, 3.8) is 0 Å². The molecule has 0 aliphatic carbocycles. The monoisotopic (exact) mass is 304 g/mol. The zero-order valence-corrected chi connectivity index (χ0v) is 13.2. The van der Waals surface area contributed by atoms with Gasteiger partial charge in [0, 0.05) is 18.1 Å². The van der Waals surface area contributed by atoms with E-state index in [1.807, 2.05) is 30.3 Å². The molecule has 0 saturated heterocycles. The fraction of sp³-hybridized carbons (Fsp3) is 0.353. The van der Waals surface area contributed by atoms with Crippen molar-refractivity contribution < 1.29 is 23.7 Å². The van der Waals surface area contributed by atoms with Gasteiger partial charge in [0.15, 0.2) is 6.79 Å². The summed E-state index contributed by atoms with van der Waals surface area (Å²) < 4.78 is 20.7. The van der Waals surface area contributed by atoms with E-state index >= 15 is 0 Å². The van der Waals surface area contributed by atoms with Crippen LogP contribution in [0.4, 0.5) is 0 Å². The van der Waals surface area contributed by atoms with E-state index in [9.17, 15) is 4.79 Å². The lowest BCUT2D eigenvalue weighted by Crippen LogP contribution is -2.12. The third kappa shape index (κ3) is 3.14. The van der Waals surface area contributed by atoms with Crippen LogP contribution in [0.15, 0.2) is 30.3 Å². The number of carbonyl (C=O) groups excluding carboxylic acids is 1. The minimum atomic E-state index is -0.395. The largest absolute Gasteiger partial charge is 0.496 e. The number of hydrogen-bond acceptors (Lipinski definition) is 5. The molecule has 0 aliphatic heterocycles. The van der Waals surface area contributed by atoms with E-state index in [-0.39, 0.29) is 12.8 Å². The van der Waals surface area contributed by atoms with Crippen LogP contribution in [0.3, 0.4) is 0 Å². The van der Waals surface area contributed by atoms with E-state index in [1.165, 1.54) is 7.11 Å². The van der Waals surface area contributed by atoms with Gasteiger partial charge in [-0.15, -0.1) is 0 Å². The van der Waals surface area contributed by atoms with Crippen LogP contribution < -0.4 is 9.47 Å². The molecule has 0 fully saturated rings. The maximum absolute atomic E-state index is 11.8. The molecular weight excluding hydrogens is 284 g/mol. The van der Waals surface area contributed by atoms with Gasteiger partial charge in [-0.25, -0.2) is 0 Å². The molecule has 0 heterocycles. The Hall–Kier alpha value is -2.27. The Balaban J connectivity index is 2.47. The Morgan fingerprint density at radius 1 is 1.14 bits per heavy atom. The second kappa shape index (κ2) is 7.13. The van der Waals surface area contributed by atoms with Gasteiger partial charge in [0.2, 0.25) is 0 Å². The number of benzene rings is 2. The van der Waals surface area contributed by atoms with Gasteiger partial charge in [0.05, 0.1) is 20.1 Å². The smallest absolute Gasteiger partial charge is 0.312 e. The Morgan fingerprint density at radius 3 is 2.55 bits per heavy atom. The molecule has 1 atom stereocenters. The highest BCUT2D eigenvalue weighted by atomic mass is 16.7. The lowest BCUT2D eigenvalue weighted by atomic mass is 9.96. The molecule has 0 radical (unpaired) electrons. The maximum Gasteiger partial charge on any atom is 0.312 e. The van der Waals surface area contributed by atoms with Crippen LogP contribution in [0.1, 0.15) is 18.4 Å². The Morgan fingerprint density at radius 2 is 1.91 bits per heavy atom. The molecule has 1 unspecified atom stereocenters. The molecule has 0 amide bonds. The second-order valence-corrected chi connectivity index (χ2v) is 4.87. The molecular formula is C17H20O5. The van der Waals surface area contributed by atoms with Crippen molar-refractivity contribution >= 4 is 16.7 Å². The van der Waals surface area contributed by atoms with Gasteiger partial charge in [0.25, 0.3) is 0 Å². The number of esters is 1. The third-order valence-corrected chi connectivity index (χ3v) is 3.54. The van der Waals surface area contributed by atoms with Crippen LogP contribution in [-0.2, 0) is 14.3 Å². The van der Waals surface area contributed by atoms with Crippen LogP contribution in [0.5, 0.6) is 11.5 Å². The van der Waals surface area contributed by atoms with Gasteiger partial charge in [-0.2, -0.15) is 0 Å². The van der Waals surface area contributed by atoms with E-state index in [0.717, 1.165) is 16.3 Å². The molecule has 0 N–H and O–H groups in total. The molecule has 5 nitrogen and oxygen atoms in total. The molecule has 22 heavy (non-hydrogen) atoms. The summed E-state index contributed by atoms with van der Waals surface area (Å²) >= 11 is 0. The topological polar surface area (TPSA) is 54.0 Å². The normalized spacial score (nSPS) is 12.0. The fourth-order valence-corrected chi connectivity index (χ4v) is 2.39. The summed E-state index contributed by atoms with van der Waals surface area (Å²) in [6.07, 6.45) is 0. The molecule has 2 rings (SSSR count). The molecule has 118 valence electrons. The third-order valence-electron chi connectivity index (χ3n) is 3.54. The Kier molecular flexibility index (Phi) is 5.22. The Bertz CT molecular complexity index is 665. The van der Waals surface area contributed by atoms with E-state index in [2.05, 4.69) is 0 Å². The van der Waals surface area contributed by atoms with Crippen molar-refractivity contribution in [2.24, 2.45) is 0 Å². The highest BCUT2D eigenvalue weighted by Gasteiger charge is 2.21. The van der Waals surface area contributed by atoms with Gasteiger partial charge in [-0.05, 0) is 30.5 Å². The van der Waals surface area contributed by atoms with Gasteiger partial charge < -0.3 is 18.9 Å². The molecule has 5 heteroatoms. The summed E-state index contributed by atoms with van der Waals surface area (Å²) in [5.74, 6) is 0.699. The second-order valence-electron chi connectivity index (χ2n) is 4.87. The first-order chi connectivity index (χ1) is 10.6. The summed E-state index contributed by atoms with van der Waals surface area (Å²) in [4.78, 5) is 11.8. The first-order valence-corrected chi connectivity index (χ1v) is 6.92. The van der Waals surface area contributed by atoms with E-state index in [4.69, 9.17) is 18.9 Å². The van der Waals surface area contributed by atoms with Crippen molar-refractivity contribution in [2.75, 3.05) is 28.1 Å². The molecule has 0 spiro atoms. The van der Waals surface area contributed by atoms with E-state index in [0.29, 0.717) is 11.5 Å². The van der Waals surface area contributed by atoms with Crippen LogP contribution in [0.2, 0.25) is 0 Å². The van der Waals surface area contributed by atoms with Crippen molar-refractivity contribution in [3.8, 4) is 11.5 Å². The average molecular weight is 304 g/mol. The first-order valence-electron chi connectivity index (χ1n) is 6.92. The van der Waals surface area contributed by atoms with Crippen LogP contribution in [-0.4, -0.2) is 34.1 Å². The number of methoxy groups -OCH3 is 3. The van der Waals surface area contributed by atoms with Crippen LogP contribution in [0, 0.1) is 0 Å². The average Bonchev–Trinajstić information content (AvgIpc) is 2.57. The summed E-state index contributed by atoms with van der Waals surface area (Å²) in [5, 5.41) is 1.88. The van der Waals surface area contributed by atoms with Gasteiger partial charge >= 0.3 is 5.97 Å². The Labute approximate surface area is 129 Å². The van der Waals surface area contributed by atoms with E-state index in [1.54, 1.807) is 21.1 Å². The lowest BCUT2D eigenvalue weighted by Gasteiger charge is -2.16. The summed E-state index contributed by atoms with van der Waals surface area (Å²) in [6, 6.07) is 9.47. The predicted molar refractivity (Wildman–Crippen MR) is 83.4 cm³/mol. The lowest BCUT2D eigenvalue weighted by molar-refractivity contribution is -0.142. The SMILES string of the molecule is COCOc1ccc2c(OC)c(C(C)C(=O)OC)ccc2c1. The fourth-order valence-electron chi connectivity index (χ4n) is 2.39. The highest BCUT2D eigenvalue weighted by Crippen LogP contribution is 2.36. The van der Waals surface area contributed by atoms with Gasteiger partial charge in [-0.3, -0.25) is 4.79 Å². The van der Waals surface area contributed by atoms with Crippen molar-refractivity contribution in [2.45, 2.75) is 12.8 Å².